The molecule has 0 radical (unpaired) electrons. The highest BCUT2D eigenvalue weighted by atomic mass is 32.2. The second kappa shape index (κ2) is 7.23. The highest BCUT2D eigenvalue weighted by molar-refractivity contribution is 7.91. The summed E-state index contributed by atoms with van der Waals surface area (Å²) in [7, 11) is 0.186. The van der Waals surface area contributed by atoms with Gasteiger partial charge in [0, 0.05) is 24.1 Å². The molecule has 0 aliphatic rings. The fourth-order valence-electron chi connectivity index (χ4n) is 1.71. The fraction of sp³-hybridized carbons (Fsp3) is 0.538. The van der Waals surface area contributed by atoms with Crippen LogP contribution in [0.25, 0.3) is 0 Å². The van der Waals surface area contributed by atoms with Crippen LogP contribution >= 0.6 is 0 Å². The van der Waals surface area contributed by atoms with Crippen molar-refractivity contribution in [2.24, 2.45) is 0 Å². The molecule has 0 amide bonds. The van der Waals surface area contributed by atoms with Crippen molar-refractivity contribution in [1.82, 2.24) is 0 Å². The van der Waals surface area contributed by atoms with E-state index in [1.54, 1.807) is 26.4 Å². The summed E-state index contributed by atoms with van der Waals surface area (Å²) in [5.41, 5.74) is 0.810. The normalized spacial score (nSPS) is 11.1. The van der Waals surface area contributed by atoms with Crippen LogP contribution < -0.4 is 14.8 Å². The van der Waals surface area contributed by atoms with E-state index >= 15 is 0 Å². The van der Waals surface area contributed by atoms with Crippen LogP contribution in [0.2, 0.25) is 0 Å². The maximum absolute atomic E-state index is 11.6. The molecule has 19 heavy (non-hydrogen) atoms. The maximum Gasteiger partial charge on any atom is 0.162 e. The molecule has 6 heteroatoms. The van der Waals surface area contributed by atoms with Crippen molar-refractivity contribution in [1.29, 1.82) is 0 Å². The summed E-state index contributed by atoms with van der Waals surface area (Å²) >= 11 is 0. The molecule has 108 valence electrons. The van der Waals surface area contributed by atoms with Gasteiger partial charge >= 0.3 is 0 Å². The van der Waals surface area contributed by atoms with Gasteiger partial charge in [0.15, 0.2) is 21.3 Å². The van der Waals surface area contributed by atoms with Crippen molar-refractivity contribution in [2.45, 2.75) is 13.3 Å². The van der Waals surface area contributed by atoms with Crippen LogP contribution in [0.4, 0.5) is 5.69 Å². The van der Waals surface area contributed by atoms with E-state index in [2.05, 4.69) is 5.32 Å². The van der Waals surface area contributed by atoms with Gasteiger partial charge in [-0.05, 0) is 18.6 Å². The second-order valence-electron chi connectivity index (χ2n) is 4.15. The minimum atomic E-state index is -2.95. The summed E-state index contributed by atoms with van der Waals surface area (Å²) < 4.78 is 33.4. The fourth-order valence-corrected chi connectivity index (χ4v) is 2.95. The van der Waals surface area contributed by atoms with Crippen LogP contribution in [-0.4, -0.2) is 40.7 Å². The Labute approximate surface area is 114 Å². The highest BCUT2D eigenvalue weighted by Crippen LogP contribution is 2.29. The Bertz CT molecular complexity index is 499. The summed E-state index contributed by atoms with van der Waals surface area (Å²) in [5.74, 6) is 1.63. The molecule has 0 spiro atoms. The summed E-state index contributed by atoms with van der Waals surface area (Å²) in [6.07, 6.45) is 0.651. The Balaban J connectivity index is 2.59. The molecule has 0 aromatic heterocycles. The first-order valence-electron chi connectivity index (χ1n) is 6.18. The first-order valence-corrected chi connectivity index (χ1v) is 8.01. The molecule has 1 aromatic rings. The van der Waals surface area contributed by atoms with Crippen molar-refractivity contribution in [3.63, 3.8) is 0 Å². The smallest absolute Gasteiger partial charge is 0.162 e. The molecule has 0 heterocycles. The quantitative estimate of drug-likeness (QED) is 0.791. The third kappa shape index (κ3) is 4.98. The van der Waals surface area contributed by atoms with Crippen molar-refractivity contribution in [2.75, 3.05) is 37.6 Å². The molecule has 0 atom stereocenters. The van der Waals surface area contributed by atoms with Crippen LogP contribution in [0, 0.1) is 0 Å². The van der Waals surface area contributed by atoms with Gasteiger partial charge < -0.3 is 14.8 Å². The lowest BCUT2D eigenvalue weighted by molar-refractivity contribution is 0.355. The zero-order valence-corrected chi connectivity index (χ0v) is 12.4. The Morgan fingerprint density at radius 1 is 1.11 bits per heavy atom. The van der Waals surface area contributed by atoms with Gasteiger partial charge in [0.1, 0.15) is 0 Å². The van der Waals surface area contributed by atoms with Gasteiger partial charge in [-0.1, -0.05) is 6.92 Å². The monoisotopic (exact) mass is 287 g/mol. The second-order valence-corrected chi connectivity index (χ2v) is 6.45. The predicted molar refractivity (Wildman–Crippen MR) is 77.0 cm³/mol. The molecular formula is C13H21NO4S. The molecule has 0 saturated heterocycles. The van der Waals surface area contributed by atoms with E-state index in [-0.39, 0.29) is 11.5 Å². The molecule has 0 aliphatic heterocycles. The lowest BCUT2D eigenvalue weighted by Gasteiger charge is -2.11. The van der Waals surface area contributed by atoms with Crippen molar-refractivity contribution < 1.29 is 17.9 Å². The van der Waals surface area contributed by atoms with Crippen molar-refractivity contribution in [3.8, 4) is 11.5 Å². The number of ether oxygens (including phenoxy) is 2. The van der Waals surface area contributed by atoms with Gasteiger partial charge in [0.2, 0.25) is 0 Å². The molecule has 1 aromatic carbocycles. The van der Waals surface area contributed by atoms with Gasteiger partial charge in [-0.3, -0.25) is 0 Å². The number of nitrogens with one attached hydrogen (secondary N) is 1. The number of hydrogen-bond donors (Lipinski definition) is 1. The highest BCUT2D eigenvalue weighted by Gasteiger charge is 2.09. The lowest BCUT2D eigenvalue weighted by atomic mass is 10.2. The largest absolute Gasteiger partial charge is 0.493 e. The molecule has 1 rings (SSSR count). The lowest BCUT2D eigenvalue weighted by Crippen LogP contribution is -2.18. The van der Waals surface area contributed by atoms with E-state index in [1.165, 1.54) is 0 Å². The average Bonchev–Trinajstić information content (AvgIpc) is 2.38. The van der Waals surface area contributed by atoms with Crippen LogP contribution in [0.15, 0.2) is 18.2 Å². The van der Waals surface area contributed by atoms with Gasteiger partial charge in [-0.2, -0.15) is 0 Å². The van der Waals surface area contributed by atoms with Crippen molar-refractivity contribution >= 4 is 15.5 Å². The Morgan fingerprint density at radius 3 is 2.37 bits per heavy atom. The van der Waals surface area contributed by atoms with Gasteiger partial charge in [0.25, 0.3) is 0 Å². The predicted octanol–water partition coefficient (Wildman–Crippen LogP) is 1.94. The summed E-state index contributed by atoms with van der Waals surface area (Å²) in [6.45, 7) is 2.25. The first kappa shape index (κ1) is 15.6. The Hall–Kier alpha value is -1.43. The van der Waals surface area contributed by atoms with E-state index in [9.17, 15) is 8.42 Å². The van der Waals surface area contributed by atoms with Gasteiger partial charge in [-0.15, -0.1) is 0 Å². The molecule has 0 saturated carbocycles. The van der Waals surface area contributed by atoms with E-state index < -0.39 is 9.84 Å². The Morgan fingerprint density at radius 2 is 1.79 bits per heavy atom. The zero-order valence-electron chi connectivity index (χ0n) is 11.6. The minimum absolute atomic E-state index is 0.134. The number of benzene rings is 1. The van der Waals surface area contributed by atoms with Crippen molar-refractivity contribution in [3.05, 3.63) is 18.2 Å². The first-order chi connectivity index (χ1) is 9.02. The van der Waals surface area contributed by atoms with Crippen LogP contribution in [0.3, 0.4) is 0 Å². The average molecular weight is 287 g/mol. The summed E-state index contributed by atoms with van der Waals surface area (Å²) in [5, 5.41) is 3.07. The number of hydrogen-bond acceptors (Lipinski definition) is 5. The number of sulfone groups is 1. The number of rotatable bonds is 8. The van der Waals surface area contributed by atoms with Crippen LogP contribution in [0.5, 0.6) is 11.5 Å². The summed E-state index contributed by atoms with van der Waals surface area (Å²) in [6, 6.07) is 5.39. The maximum atomic E-state index is 11.6. The SMILES string of the molecule is CCCS(=O)(=O)CCNc1ccc(OC)c(OC)c1. The third-order valence-corrected chi connectivity index (χ3v) is 4.50. The molecule has 0 fully saturated rings. The van der Waals surface area contributed by atoms with Gasteiger partial charge in [-0.25, -0.2) is 8.42 Å². The van der Waals surface area contributed by atoms with Crippen LogP contribution in [-0.2, 0) is 9.84 Å². The van der Waals surface area contributed by atoms with E-state index in [0.29, 0.717) is 24.5 Å². The van der Waals surface area contributed by atoms with E-state index in [0.717, 1.165) is 5.69 Å². The third-order valence-electron chi connectivity index (χ3n) is 2.64. The Kier molecular flexibility index (Phi) is 5.95. The molecule has 0 bridgehead atoms. The topological polar surface area (TPSA) is 64.6 Å². The summed E-state index contributed by atoms with van der Waals surface area (Å²) in [4.78, 5) is 0. The van der Waals surface area contributed by atoms with E-state index in [4.69, 9.17) is 9.47 Å². The molecule has 0 unspecified atom stereocenters. The molecular weight excluding hydrogens is 266 g/mol. The van der Waals surface area contributed by atoms with Gasteiger partial charge in [0.05, 0.1) is 20.0 Å². The van der Waals surface area contributed by atoms with Crippen LogP contribution in [0.1, 0.15) is 13.3 Å². The molecule has 0 aliphatic carbocycles. The standard InChI is InChI=1S/C13H21NO4S/c1-4-8-19(15,16)9-7-14-11-5-6-12(17-2)13(10-11)18-3/h5-6,10,14H,4,7-9H2,1-3H3. The van der Waals surface area contributed by atoms with E-state index in [1.807, 2.05) is 13.0 Å². The minimum Gasteiger partial charge on any atom is -0.493 e. The zero-order chi connectivity index (χ0) is 14.3. The number of methoxy groups -OCH3 is 2. The number of anilines is 1. The molecule has 1 N–H and O–H groups in total. The molecule has 5 nitrogen and oxygen atoms in total.